The Bertz CT molecular complexity index is 875. The number of nitrogens with two attached hydrogens (primary N) is 1. The Hall–Kier alpha value is -2.93. The summed E-state index contributed by atoms with van der Waals surface area (Å²) in [7, 11) is 0. The van der Waals surface area contributed by atoms with E-state index in [2.05, 4.69) is 10.6 Å². The standard InChI is InChI=1S/C20H21ClFN3O3/c1-12(26)24-18(10-13-5-4-7-15(22)9-13)20(28)25-17(19(23)27)11-14-6-2-3-8-16(14)21/h2-9,17-18H,10-11H2,1H3,(H2,23,27)(H,24,26)(H,25,28)/t17-,18-/m1/s1. The molecule has 2 aromatic carbocycles. The predicted octanol–water partition coefficient (Wildman–Crippen LogP) is 1.74. The zero-order chi connectivity index (χ0) is 20.7. The van der Waals surface area contributed by atoms with Crippen LogP contribution in [0.15, 0.2) is 48.5 Å². The lowest BCUT2D eigenvalue weighted by Gasteiger charge is -2.22. The molecule has 8 heteroatoms. The van der Waals surface area contributed by atoms with Crippen molar-refractivity contribution in [1.29, 1.82) is 0 Å². The molecule has 0 aromatic heterocycles. The number of halogens is 2. The molecule has 0 fully saturated rings. The monoisotopic (exact) mass is 405 g/mol. The van der Waals surface area contributed by atoms with Gasteiger partial charge in [0.15, 0.2) is 0 Å². The Morgan fingerprint density at radius 3 is 2.36 bits per heavy atom. The summed E-state index contributed by atoms with van der Waals surface area (Å²) in [6, 6.07) is 10.6. The molecule has 0 radical (unpaired) electrons. The Kier molecular flexibility index (Phi) is 7.52. The van der Waals surface area contributed by atoms with E-state index >= 15 is 0 Å². The van der Waals surface area contributed by atoms with Gasteiger partial charge >= 0.3 is 0 Å². The minimum Gasteiger partial charge on any atom is -0.368 e. The molecule has 3 amide bonds. The number of nitrogens with one attached hydrogen (secondary N) is 2. The number of hydrogen-bond acceptors (Lipinski definition) is 3. The molecule has 0 saturated carbocycles. The fraction of sp³-hybridized carbons (Fsp3) is 0.250. The molecule has 0 saturated heterocycles. The van der Waals surface area contributed by atoms with Gasteiger partial charge in [-0.3, -0.25) is 14.4 Å². The average Bonchev–Trinajstić information content (AvgIpc) is 2.61. The van der Waals surface area contributed by atoms with E-state index in [1.165, 1.54) is 25.1 Å². The second-order valence-corrected chi connectivity index (χ2v) is 6.75. The summed E-state index contributed by atoms with van der Waals surface area (Å²) in [5.74, 6) is -2.22. The van der Waals surface area contributed by atoms with Gasteiger partial charge in [-0.1, -0.05) is 41.9 Å². The predicted molar refractivity (Wildman–Crippen MR) is 104 cm³/mol. The molecule has 28 heavy (non-hydrogen) atoms. The van der Waals surface area contributed by atoms with Gasteiger partial charge in [0.1, 0.15) is 17.9 Å². The van der Waals surface area contributed by atoms with E-state index in [0.29, 0.717) is 16.1 Å². The second-order valence-electron chi connectivity index (χ2n) is 6.35. The number of hydrogen-bond donors (Lipinski definition) is 3. The van der Waals surface area contributed by atoms with Crippen LogP contribution in [0.1, 0.15) is 18.1 Å². The lowest BCUT2D eigenvalue weighted by Crippen LogP contribution is -2.54. The van der Waals surface area contributed by atoms with Crippen molar-refractivity contribution >= 4 is 29.3 Å². The Balaban J connectivity index is 2.15. The molecule has 2 atom stereocenters. The number of amides is 3. The van der Waals surface area contributed by atoms with Gasteiger partial charge in [-0.15, -0.1) is 0 Å². The third-order valence-electron chi connectivity index (χ3n) is 4.06. The van der Waals surface area contributed by atoms with Gasteiger partial charge in [0, 0.05) is 24.8 Å². The van der Waals surface area contributed by atoms with Crippen LogP contribution >= 0.6 is 11.6 Å². The first-order valence-electron chi connectivity index (χ1n) is 8.61. The van der Waals surface area contributed by atoms with Crippen LogP contribution in [0.3, 0.4) is 0 Å². The Morgan fingerprint density at radius 2 is 1.75 bits per heavy atom. The van der Waals surface area contributed by atoms with Crippen molar-refractivity contribution in [3.05, 3.63) is 70.5 Å². The molecule has 0 bridgehead atoms. The van der Waals surface area contributed by atoms with E-state index in [-0.39, 0.29) is 12.8 Å². The van der Waals surface area contributed by atoms with Crippen molar-refractivity contribution < 1.29 is 18.8 Å². The average molecular weight is 406 g/mol. The fourth-order valence-electron chi connectivity index (χ4n) is 2.73. The number of benzene rings is 2. The van der Waals surface area contributed by atoms with Crippen LogP contribution in [0.25, 0.3) is 0 Å². The second kappa shape index (κ2) is 9.85. The van der Waals surface area contributed by atoms with Crippen LogP contribution in [0.4, 0.5) is 4.39 Å². The lowest BCUT2D eigenvalue weighted by atomic mass is 10.0. The maximum atomic E-state index is 13.4. The summed E-state index contributed by atoms with van der Waals surface area (Å²) in [6.45, 7) is 1.27. The number of carbonyl (C=O) groups excluding carboxylic acids is 3. The smallest absolute Gasteiger partial charge is 0.243 e. The first-order valence-corrected chi connectivity index (χ1v) is 8.98. The highest BCUT2D eigenvalue weighted by Crippen LogP contribution is 2.17. The summed E-state index contributed by atoms with van der Waals surface area (Å²) >= 11 is 6.11. The molecule has 0 heterocycles. The number of carbonyl (C=O) groups is 3. The summed E-state index contributed by atoms with van der Waals surface area (Å²) in [6.07, 6.45) is 0.161. The first-order chi connectivity index (χ1) is 13.3. The Labute approximate surface area is 167 Å². The van der Waals surface area contributed by atoms with Gasteiger partial charge in [-0.2, -0.15) is 0 Å². The van der Waals surface area contributed by atoms with E-state index in [4.69, 9.17) is 17.3 Å². The van der Waals surface area contributed by atoms with Gasteiger partial charge in [0.05, 0.1) is 0 Å². The molecule has 0 aliphatic heterocycles. The van der Waals surface area contributed by atoms with Crippen molar-refractivity contribution in [3.63, 3.8) is 0 Å². The third kappa shape index (κ3) is 6.35. The minimum absolute atomic E-state index is 0.0563. The summed E-state index contributed by atoms with van der Waals surface area (Å²) in [4.78, 5) is 36.0. The van der Waals surface area contributed by atoms with E-state index in [0.717, 1.165) is 0 Å². The van der Waals surface area contributed by atoms with E-state index in [1.54, 1.807) is 30.3 Å². The van der Waals surface area contributed by atoms with Gasteiger partial charge in [-0.05, 0) is 29.3 Å². The normalized spacial score (nSPS) is 12.7. The molecule has 2 aromatic rings. The third-order valence-corrected chi connectivity index (χ3v) is 4.43. The van der Waals surface area contributed by atoms with Crippen molar-refractivity contribution in [2.24, 2.45) is 5.73 Å². The topological polar surface area (TPSA) is 101 Å². The zero-order valence-electron chi connectivity index (χ0n) is 15.2. The molecule has 148 valence electrons. The summed E-state index contributed by atoms with van der Waals surface area (Å²) in [5, 5.41) is 5.51. The molecule has 0 aliphatic carbocycles. The largest absolute Gasteiger partial charge is 0.368 e. The highest BCUT2D eigenvalue weighted by molar-refractivity contribution is 6.31. The van der Waals surface area contributed by atoms with E-state index in [9.17, 15) is 18.8 Å². The number of rotatable bonds is 8. The maximum Gasteiger partial charge on any atom is 0.243 e. The van der Waals surface area contributed by atoms with Crippen LogP contribution in [-0.4, -0.2) is 29.8 Å². The van der Waals surface area contributed by atoms with Gasteiger partial charge in [0.25, 0.3) is 0 Å². The van der Waals surface area contributed by atoms with Gasteiger partial charge in [0.2, 0.25) is 17.7 Å². The van der Waals surface area contributed by atoms with Crippen molar-refractivity contribution in [1.82, 2.24) is 10.6 Å². The molecular weight excluding hydrogens is 385 g/mol. The molecule has 6 nitrogen and oxygen atoms in total. The van der Waals surface area contributed by atoms with Crippen molar-refractivity contribution in [2.75, 3.05) is 0 Å². The first kappa shape index (κ1) is 21.4. The lowest BCUT2D eigenvalue weighted by molar-refractivity contribution is -0.130. The Morgan fingerprint density at radius 1 is 1.04 bits per heavy atom. The van der Waals surface area contributed by atoms with Crippen LogP contribution in [0, 0.1) is 5.82 Å². The van der Waals surface area contributed by atoms with Crippen molar-refractivity contribution in [3.8, 4) is 0 Å². The van der Waals surface area contributed by atoms with E-state index in [1.807, 2.05) is 0 Å². The summed E-state index contributed by atoms with van der Waals surface area (Å²) < 4.78 is 13.4. The van der Waals surface area contributed by atoms with Crippen LogP contribution in [0.5, 0.6) is 0 Å². The molecule has 2 rings (SSSR count). The minimum atomic E-state index is -1.02. The van der Waals surface area contributed by atoms with Gasteiger partial charge in [-0.25, -0.2) is 4.39 Å². The SMILES string of the molecule is CC(=O)N[C@H](Cc1cccc(F)c1)C(=O)N[C@H](Cc1ccccc1Cl)C(N)=O. The summed E-state index contributed by atoms with van der Waals surface area (Å²) in [5.41, 5.74) is 6.59. The number of primary amides is 1. The zero-order valence-corrected chi connectivity index (χ0v) is 16.0. The molecule has 4 N–H and O–H groups in total. The molecule has 0 unspecified atom stereocenters. The highest BCUT2D eigenvalue weighted by Gasteiger charge is 2.26. The highest BCUT2D eigenvalue weighted by atomic mass is 35.5. The molecule has 0 spiro atoms. The van der Waals surface area contributed by atoms with Crippen molar-refractivity contribution in [2.45, 2.75) is 31.8 Å². The maximum absolute atomic E-state index is 13.4. The van der Waals surface area contributed by atoms with Crippen LogP contribution in [0.2, 0.25) is 5.02 Å². The quantitative estimate of drug-likeness (QED) is 0.623. The van der Waals surface area contributed by atoms with Crippen LogP contribution in [-0.2, 0) is 27.2 Å². The van der Waals surface area contributed by atoms with Gasteiger partial charge < -0.3 is 16.4 Å². The van der Waals surface area contributed by atoms with E-state index < -0.39 is 35.6 Å². The molecular formula is C20H21ClFN3O3. The molecule has 0 aliphatic rings. The van der Waals surface area contributed by atoms with Crippen LogP contribution < -0.4 is 16.4 Å². The fourth-order valence-corrected chi connectivity index (χ4v) is 2.95.